The molecule has 1 rings (SSSR count). The lowest BCUT2D eigenvalue weighted by molar-refractivity contribution is -0.148. The molecule has 0 saturated carbocycles. The number of carboxylic acids is 1. The van der Waals surface area contributed by atoms with Crippen molar-refractivity contribution in [3.05, 3.63) is 0 Å². The molecule has 0 aromatic heterocycles. The predicted octanol–water partition coefficient (Wildman–Crippen LogP) is 1.73. The van der Waals surface area contributed by atoms with Crippen LogP contribution in [0.5, 0.6) is 0 Å². The molecule has 1 aliphatic rings. The molecule has 92 valence electrons. The second kappa shape index (κ2) is 4.31. The molecule has 1 fully saturated rings. The first-order chi connectivity index (χ1) is 7.23. The zero-order valence-electron chi connectivity index (χ0n) is 9.93. The fourth-order valence-electron chi connectivity index (χ4n) is 2.51. The highest BCUT2D eigenvalue weighted by Gasteiger charge is 2.41. The minimum Gasteiger partial charge on any atom is -0.481 e. The predicted molar refractivity (Wildman–Crippen MR) is 58.3 cm³/mol. The maximum Gasteiger partial charge on any atom is 0.407 e. The lowest BCUT2D eigenvalue weighted by atomic mass is 9.73. The molecule has 2 atom stereocenters. The Balaban J connectivity index is 2.76. The van der Waals surface area contributed by atoms with E-state index in [1.165, 1.54) is 4.90 Å². The summed E-state index contributed by atoms with van der Waals surface area (Å²) in [6, 6.07) is 0. The summed E-state index contributed by atoms with van der Waals surface area (Å²) in [7, 11) is 0. The molecule has 1 aliphatic heterocycles. The average molecular weight is 229 g/mol. The summed E-state index contributed by atoms with van der Waals surface area (Å²) >= 11 is 0. The van der Waals surface area contributed by atoms with Gasteiger partial charge in [-0.05, 0) is 17.8 Å². The lowest BCUT2D eigenvalue weighted by Gasteiger charge is -2.31. The van der Waals surface area contributed by atoms with Crippen LogP contribution in [-0.2, 0) is 4.79 Å². The molecule has 5 heteroatoms. The maximum atomic E-state index is 11.2. The van der Waals surface area contributed by atoms with E-state index in [1.807, 2.05) is 20.8 Å². The molecule has 0 bridgehead atoms. The number of aliphatic carboxylic acids is 1. The lowest BCUT2D eigenvalue weighted by Crippen LogP contribution is -2.37. The number of amides is 1. The molecule has 2 N–H and O–H groups in total. The van der Waals surface area contributed by atoms with Gasteiger partial charge in [0.25, 0.3) is 0 Å². The second-order valence-corrected chi connectivity index (χ2v) is 5.46. The number of nitrogens with zero attached hydrogens (tertiary/aromatic N) is 1. The maximum absolute atomic E-state index is 11.2. The highest BCUT2D eigenvalue weighted by molar-refractivity contribution is 5.72. The summed E-state index contributed by atoms with van der Waals surface area (Å²) in [5.74, 6) is -1.39. The molecule has 0 aromatic carbocycles. The van der Waals surface area contributed by atoms with E-state index >= 15 is 0 Å². The van der Waals surface area contributed by atoms with E-state index in [2.05, 4.69) is 0 Å². The Labute approximate surface area is 95.1 Å². The van der Waals surface area contributed by atoms with Crippen molar-refractivity contribution in [2.45, 2.75) is 27.2 Å². The van der Waals surface area contributed by atoms with Gasteiger partial charge >= 0.3 is 12.1 Å². The van der Waals surface area contributed by atoms with E-state index < -0.39 is 18.0 Å². The monoisotopic (exact) mass is 229 g/mol. The van der Waals surface area contributed by atoms with Crippen molar-refractivity contribution in [2.24, 2.45) is 17.3 Å². The normalized spacial score (nSPS) is 23.2. The largest absolute Gasteiger partial charge is 0.481 e. The van der Waals surface area contributed by atoms with Gasteiger partial charge in [-0.15, -0.1) is 0 Å². The van der Waals surface area contributed by atoms with Crippen LogP contribution in [0.4, 0.5) is 4.79 Å². The Morgan fingerprint density at radius 1 is 1.31 bits per heavy atom. The van der Waals surface area contributed by atoms with Crippen molar-refractivity contribution in [3.8, 4) is 0 Å². The van der Waals surface area contributed by atoms with Gasteiger partial charge in [0.1, 0.15) is 0 Å². The number of rotatable bonds is 2. The van der Waals surface area contributed by atoms with Crippen molar-refractivity contribution in [1.82, 2.24) is 4.90 Å². The van der Waals surface area contributed by atoms with Crippen LogP contribution in [0.25, 0.3) is 0 Å². The molecular formula is C11H19NO4. The zero-order valence-corrected chi connectivity index (χ0v) is 9.93. The molecule has 0 aromatic rings. The number of carbonyl (C=O) groups is 2. The van der Waals surface area contributed by atoms with Gasteiger partial charge in [0.15, 0.2) is 0 Å². The van der Waals surface area contributed by atoms with Crippen LogP contribution < -0.4 is 0 Å². The van der Waals surface area contributed by atoms with Gasteiger partial charge in [0, 0.05) is 13.1 Å². The topological polar surface area (TPSA) is 77.8 Å². The quantitative estimate of drug-likeness (QED) is 0.756. The van der Waals surface area contributed by atoms with Crippen LogP contribution in [0.3, 0.4) is 0 Å². The van der Waals surface area contributed by atoms with E-state index in [9.17, 15) is 14.7 Å². The Hall–Kier alpha value is -1.26. The standard InChI is InChI=1S/C11H19NO4/c1-11(2,3)8(9(13)14)7-4-5-12(6-7)10(15)16/h7-8H,4-6H2,1-3H3,(H,13,14)(H,15,16). The highest BCUT2D eigenvalue weighted by Crippen LogP contribution is 2.37. The van der Waals surface area contributed by atoms with Crippen molar-refractivity contribution in [1.29, 1.82) is 0 Å². The summed E-state index contributed by atoms with van der Waals surface area (Å²) in [6.45, 7) is 6.43. The van der Waals surface area contributed by atoms with Gasteiger partial charge in [-0.1, -0.05) is 20.8 Å². The van der Waals surface area contributed by atoms with Crippen LogP contribution >= 0.6 is 0 Å². The van der Waals surface area contributed by atoms with Crippen molar-refractivity contribution in [2.75, 3.05) is 13.1 Å². The first-order valence-corrected chi connectivity index (χ1v) is 5.44. The van der Waals surface area contributed by atoms with Gasteiger partial charge in [-0.2, -0.15) is 0 Å². The third-order valence-electron chi connectivity index (χ3n) is 3.17. The second-order valence-electron chi connectivity index (χ2n) is 5.46. The van der Waals surface area contributed by atoms with Crippen molar-refractivity contribution in [3.63, 3.8) is 0 Å². The molecule has 16 heavy (non-hydrogen) atoms. The summed E-state index contributed by atoms with van der Waals surface area (Å²) in [5, 5.41) is 18.1. The fraction of sp³-hybridized carbons (Fsp3) is 0.818. The van der Waals surface area contributed by atoms with E-state index in [0.717, 1.165) is 0 Å². The van der Waals surface area contributed by atoms with Gasteiger partial charge in [0.2, 0.25) is 0 Å². The molecule has 2 unspecified atom stereocenters. The van der Waals surface area contributed by atoms with Crippen LogP contribution in [0, 0.1) is 17.3 Å². The fourth-order valence-corrected chi connectivity index (χ4v) is 2.51. The molecule has 5 nitrogen and oxygen atoms in total. The van der Waals surface area contributed by atoms with E-state index in [4.69, 9.17) is 5.11 Å². The summed E-state index contributed by atoms with van der Waals surface area (Å²) in [4.78, 5) is 23.3. The van der Waals surface area contributed by atoms with Crippen molar-refractivity contribution >= 4 is 12.1 Å². The van der Waals surface area contributed by atoms with Gasteiger partial charge < -0.3 is 15.1 Å². The Morgan fingerprint density at radius 3 is 2.19 bits per heavy atom. The zero-order chi connectivity index (χ0) is 12.5. The summed E-state index contributed by atoms with van der Waals surface area (Å²) in [5.41, 5.74) is -0.342. The van der Waals surface area contributed by atoms with Crippen LogP contribution in [0.2, 0.25) is 0 Å². The van der Waals surface area contributed by atoms with Crippen LogP contribution in [0.1, 0.15) is 27.2 Å². The first-order valence-electron chi connectivity index (χ1n) is 5.44. The van der Waals surface area contributed by atoms with E-state index in [1.54, 1.807) is 0 Å². The number of hydrogen-bond acceptors (Lipinski definition) is 2. The number of carboxylic acid groups (broad SMARTS) is 2. The SMILES string of the molecule is CC(C)(C)C(C(=O)O)C1CCN(C(=O)O)C1. The Bertz CT molecular complexity index is 295. The molecule has 0 radical (unpaired) electrons. The number of likely N-dealkylation sites (tertiary alicyclic amines) is 1. The summed E-state index contributed by atoms with van der Waals surface area (Å²) < 4.78 is 0. The minimum absolute atomic E-state index is 0.0754. The molecule has 0 aliphatic carbocycles. The molecule has 1 amide bonds. The Kier molecular flexibility index (Phi) is 3.45. The molecule has 1 heterocycles. The van der Waals surface area contributed by atoms with E-state index in [0.29, 0.717) is 19.5 Å². The highest BCUT2D eigenvalue weighted by atomic mass is 16.4. The van der Waals surface area contributed by atoms with Crippen LogP contribution in [-0.4, -0.2) is 40.3 Å². The first kappa shape index (κ1) is 12.8. The van der Waals surface area contributed by atoms with Crippen LogP contribution in [0.15, 0.2) is 0 Å². The molecule has 1 saturated heterocycles. The van der Waals surface area contributed by atoms with Gasteiger partial charge in [-0.25, -0.2) is 4.79 Å². The van der Waals surface area contributed by atoms with Crippen molar-refractivity contribution < 1.29 is 19.8 Å². The third kappa shape index (κ3) is 2.65. The average Bonchev–Trinajstić information content (AvgIpc) is 2.49. The Morgan fingerprint density at radius 2 is 1.88 bits per heavy atom. The third-order valence-corrected chi connectivity index (χ3v) is 3.17. The van der Waals surface area contributed by atoms with Gasteiger partial charge in [-0.3, -0.25) is 4.79 Å². The smallest absolute Gasteiger partial charge is 0.407 e. The molecule has 0 spiro atoms. The number of hydrogen-bond donors (Lipinski definition) is 2. The minimum atomic E-state index is -0.958. The molecular weight excluding hydrogens is 210 g/mol. The van der Waals surface area contributed by atoms with E-state index in [-0.39, 0.29) is 11.3 Å². The summed E-state index contributed by atoms with van der Waals surface area (Å²) in [6.07, 6.45) is -0.318. The van der Waals surface area contributed by atoms with Gasteiger partial charge in [0.05, 0.1) is 5.92 Å².